The molecule has 0 radical (unpaired) electrons. The molecule has 0 aliphatic carbocycles. The van der Waals surface area contributed by atoms with Gasteiger partial charge in [-0.25, -0.2) is 0 Å². The van der Waals surface area contributed by atoms with Gasteiger partial charge in [0.25, 0.3) is 5.91 Å². The van der Waals surface area contributed by atoms with Crippen LogP contribution in [-0.2, 0) is 16.1 Å². The molecule has 3 amide bonds. The first-order valence-electron chi connectivity index (χ1n) is 10.6. The molecule has 5 rings (SSSR count). The minimum Gasteiger partial charge on any atom is -0.368 e. The SMILES string of the molecule is O=C1CCC(N2Cc3cc(N4CC(NC5CCNCC5)C4)ccc3C2=O)C(=O)N1. The molecule has 3 fully saturated rings. The Bertz CT molecular complexity index is 845. The maximum Gasteiger partial charge on any atom is 0.255 e. The predicted molar refractivity (Wildman–Crippen MR) is 108 cm³/mol. The van der Waals surface area contributed by atoms with E-state index in [4.69, 9.17) is 0 Å². The Hall–Kier alpha value is -2.45. The predicted octanol–water partition coefficient (Wildman–Crippen LogP) is -0.0222. The molecule has 1 atom stereocenters. The Morgan fingerprint density at radius 2 is 1.79 bits per heavy atom. The number of imide groups is 1. The molecule has 1 aromatic carbocycles. The fourth-order valence-electron chi connectivity index (χ4n) is 4.87. The molecule has 4 aliphatic heterocycles. The summed E-state index contributed by atoms with van der Waals surface area (Å²) in [6.07, 6.45) is 3.05. The number of rotatable bonds is 4. The topological polar surface area (TPSA) is 93.8 Å². The zero-order valence-corrected chi connectivity index (χ0v) is 16.4. The van der Waals surface area contributed by atoms with Crippen molar-refractivity contribution < 1.29 is 14.4 Å². The lowest BCUT2D eigenvalue weighted by Crippen LogP contribution is -2.61. The molecule has 0 bridgehead atoms. The van der Waals surface area contributed by atoms with Gasteiger partial charge in [0.2, 0.25) is 11.8 Å². The monoisotopic (exact) mass is 397 g/mol. The van der Waals surface area contributed by atoms with E-state index in [2.05, 4.69) is 26.9 Å². The maximum atomic E-state index is 12.8. The number of fused-ring (bicyclic) bond motifs is 1. The molecule has 4 heterocycles. The summed E-state index contributed by atoms with van der Waals surface area (Å²) in [6.45, 7) is 4.58. The van der Waals surface area contributed by atoms with Crippen LogP contribution in [0.4, 0.5) is 5.69 Å². The number of amides is 3. The Labute approximate surface area is 170 Å². The molecular weight excluding hydrogens is 370 g/mol. The summed E-state index contributed by atoms with van der Waals surface area (Å²) in [6, 6.07) is 6.55. The molecule has 29 heavy (non-hydrogen) atoms. The van der Waals surface area contributed by atoms with Gasteiger partial charge in [-0.2, -0.15) is 0 Å². The van der Waals surface area contributed by atoms with Gasteiger partial charge in [-0.05, 0) is 56.1 Å². The van der Waals surface area contributed by atoms with Gasteiger partial charge in [-0.3, -0.25) is 19.7 Å². The van der Waals surface area contributed by atoms with E-state index in [9.17, 15) is 14.4 Å². The Morgan fingerprint density at radius 1 is 1.00 bits per heavy atom. The van der Waals surface area contributed by atoms with Gasteiger partial charge in [0.1, 0.15) is 6.04 Å². The Morgan fingerprint density at radius 3 is 2.55 bits per heavy atom. The number of carbonyl (C=O) groups excluding carboxylic acids is 3. The maximum absolute atomic E-state index is 12.8. The van der Waals surface area contributed by atoms with Crippen molar-refractivity contribution >= 4 is 23.4 Å². The summed E-state index contributed by atoms with van der Waals surface area (Å²) in [4.78, 5) is 40.3. The number of nitrogens with zero attached hydrogens (tertiary/aromatic N) is 2. The van der Waals surface area contributed by atoms with Crippen molar-refractivity contribution in [1.29, 1.82) is 0 Å². The lowest BCUT2D eigenvalue weighted by atomic mass is 10.0. The molecular formula is C21H27N5O3. The summed E-state index contributed by atoms with van der Waals surface area (Å²) in [5.74, 6) is -0.740. The first-order chi connectivity index (χ1) is 14.1. The minimum absolute atomic E-state index is 0.116. The molecule has 0 spiro atoms. The van der Waals surface area contributed by atoms with Crippen LogP contribution in [-0.4, -0.2) is 66.9 Å². The second-order valence-corrected chi connectivity index (χ2v) is 8.53. The van der Waals surface area contributed by atoms with E-state index in [0.717, 1.165) is 37.4 Å². The molecule has 3 saturated heterocycles. The van der Waals surface area contributed by atoms with Crippen LogP contribution in [0.15, 0.2) is 18.2 Å². The molecule has 8 nitrogen and oxygen atoms in total. The van der Waals surface area contributed by atoms with Gasteiger partial charge in [-0.15, -0.1) is 0 Å². The summed E-state index contributed by atoms with van der Waals surface area (Å²) >= 11 is 0. The third-order valence-electron chi connectivity index (χ3n) is 6.56. The molecule has 154 valence electrons. The highest BCUT2D eigenvalue weighted by molar-refractivity contribution is 6.05. The lowest BCUT2D eigenvalue weighted by Gasteiger charge is -2.44. The molecule has 1 aromatic rings. The summed E-state index contributed by atoms with van der Waals surface area (Å²) < 4.78 is 0. The lowest BCUT2D eigenvalue weighted by molar-refractivity contribution is -0.136. The third-order valence-corrected chi connectivity index (χ3v) is 6.56. The molecule has 3 N–H and O–H groups in total. The number of hydrogen-bond acceptors (Lipinski definition) is 6. The molecule has 0 saturated carbocycles. The van der Waals surface area contributed by atoms with Crippen LogP contribution < -0.4 is 20.9 Å². The van der Waals surface area contributed by atoms with E-state index in [0.29, 0.717) is 30.6 Å². The van der Waals surface area contributed by atoms with Gasteiger partial charge >= 0.3 is 0 Å². The normalized spacial score (nSPS) is 25.8. The number of hydrogen-bond donors (Lipinski definition) is 3. The largest absolute Gasteiger partial charge is 0.368 e. The van der Waals surface area contributed by atoms with Crippen molar-refractivity contribution in [2.75, 3.05) is 31.1 Å². The van der Waals surface area contributed by atoms with Crippen molar-refractivity contribution in [3.63, 3.8) is 0 Å². The number of benzene rings is 1. The molecule has 4 aliphatic rings. The second kappa shape index (κ2) is 7.42. The zero-order valence-electron chi connectivity index (χ0n) is 16.4. The number of carbonyl (C=O) groups is 3. The van der Waals surface area contributed by atoms with Gasteiger partial charge < -0.3 is 20.4 Å². The van der Waals surface area contributed by atoms with Crippen LogP contribution in [0.3, 0.4) is 0 Å². The first-order valence-corrected chi connectivity index (χ1v) is 10.6. The smallest absolute Gasteiger partial charge is 0.255 e. The zero-order chi connectivity index (χ0) is 20.0. The number of piperidine rings is 2. The van der Waals surface area contributed by atoms with Crippen molar-refractivity contribution in [3.05, 3.63) is 29.3 Å². The van der Waals surface area contributed by atoms with E-state index in [-0.39, 0.29) is 24.1 Å². The average Bonchev–Trinajstić information content (AvgIpc) is 3.01. The second-order valence-electron chi connectivity index (χ2n) is 8.53. The average molecular weight is 397 g/mol. The van der Waals surface area contributed by atoms with E-state index >= 15 is 0 Å². The summed E-state index contributed by atoms with van der Waals surface area (Å²) in [5, 5.41) is 9.50. The van der Waals surface area contributed by atoms with Crippen LogP contribution >= 0.6 is 0 Å². The van der Waals surface area contributed by atoms with E-state index < -0.39 is 6.04 Å². The molecule has 1 unspecified atom stereocenters. The van der Waals surface area contributed by atoms with E-state index in [1.807, 2.05) is 12.1 Å². The molecule has 0 aromatic heterocycles. The van der Waals surface area contributed by atoms with Crippen molar-refractivity contribution in [3.8, 4) is 0 Å². The highest BCUT2D eigenvalue weighted by Crippen LogP contribution is 2.32. The highest BCUT2D eigenvalue weighted by Gasteiger charge is 2.39. The quantitative estimate of drug-likeness (QED) is 0.619. The molecule has 8 heteroatoms. The Kier molecular flexibility index (Phi) is 4.75. The van der Waals surface area contributed by atoms with Crippen molar-refractivity contribution in [1.82, 2.24) is 20.9 Å². The van der Waals surface area contributed by atoms with Gasteiger partial charge in [0.05, 0.1) is 0 Å². The van der Waals surface area contributed by atoms with E-state index in [1.165, 1.54) is 12.8 Å². The van der Waals surface area contributed by atoms with Crippen LogP contribution in [0.5, 0.6) is 0 Å². The fraction of sp³-hybridized carbons (Fsp3) is 0.571. The van der Waals surface area contributed by atoms with Crippen LogP contribution in [0.2, 0.25) is 0 Å². The van der Waals surface area contributed by atoms with Gasteiger partial charge in [0.15, 0.2) is 0 Å². The van der Waals surface area contributed by atoms with Crippen LogP contribution in [0, 0.1) is 0 Å². The van der Waals surface area contributed by atoms with Crippen molar-refractivity contribution in [2.45, 2.75) is 50.4 Å². The van der Waals surface area contributed by atoms with Gasteiger partial charge in [-0.1, -0.05) is 0 Å². The standard InChI is InChI=1S/C21H27N5O3/c27-19-4-3-18(20(28)24-19)26-10-13-9-16(1-2-17(13)21(26)29)25-11-15(12-25)23-14-5-7-22-8-6-14/h1-2,9,14-15,18,22-23H,3-8,10-12H2,(H,24,27,28). The minimum atomic E-state index is -0.557. The summed E-state index contributed by atoms with van der Waals surface area (Å²) in [7, 11) is 0. The third kappa shape index (κ3) is 3.51. The van der Waals surface area contributed by atoms with Gasteiger partial charge in [0, 0.05) is 49.4 Å². The summed E-state index contributed by atoms with van der Waals surface area (Å²) in [5.41, 5.74) is 2.76. The number of anilines is 1. The number of nitrogens with one attached hydrogen (secondary N) is 3. The fourth-order valence-corrected chi connectivity index (χ4v) is 4.87. The first kappa shape index (κ1) is 18.6. The van der Waals surface area contributed by atoms with Crippen LogP contribution in [0.1, 0.15) is 41.6 Å². The Balaban J connectivity index is 1.21. The van der Waals surface area contributed by atoms with Crippen LogP contribution in [0.25, 0.3) is 0 Å². The van der Waals surface area contributed by atoms with E-state index in [1.54, 1.807) is 4.90 Å². The highest BCUT2D eigenvalue weighted by atomic mass is 16.2. The van der Waals surface area contributed by atoms with Crippen molar-refractivity contribution in [2.24, 2.45) is 0 Å².